The molecule has 0 heterocycles. The van der Waals surface area contributed by atoms with Crippen molar-refractivity contribution in [2.45, 2.75) is 45.4 Å². The molecule has 1 rings (SSSR count). The quantitative estimate of drug-likeness (QED) is 0.657. The van der Waals surface area contributed by atoms with Crippen molar-refractivity contribution in [2.75, 3.05) is 26.8 Å². The summed E-state index contributed by atoms with van der Waals surface area (Å²) in [4.78, 5) is 0. The van der Waals surface area contributed by atoms with Crippen LogP contribution in [-0.2, 0) is 4.74 Å². The van der Waals surface area contributed by atoms with E-state index in [9.17, 15) is 0 Å². The Balaban J connectivity index is 1.87. The second-order valence-electron chi connectivity index (χ2n) is 5.01. The van der Waals surface area contributed by atoms with Crippen molar-refractivity contribution in [1.29, 1.82) is 0 Å². The van der Waals surface area contributed by atoms with E-state index < -0.39 is 0 Å². The van der Waals surface area contributed by atoms with Gasteiger partial charge in [-0.1, -0.05) is 32.6 Å². The van der Waals surface area contributed by atoms with Gasteiger partial charge in [0, 0.05) is 13.7 Å². The van der Waals surface area contributed by atoms with Crippen LogP contribution in [0.15, 0.2) is 0 Å². The van der Waals surface area contributed by atoms with Crippen LogP contribution in [0.1, 0.15) is 45.4 Å². The molecule has 15 heavy (non-hydrogen) atoms. The lowest BCUT2D eigenvalue weighted by Crippen LogP contribution is -2.21. The fourth-order valence-corrected chi connectivity index (χ4v) is 2.43. The molecule has 1 N–H and O–H groups in total. The first-order valence-corrected chi connectivity index (χ1v) is 6.52. The standard InChI is InChI=1S/C13H27NO/c1-12-5-7-13(8-6-12)4-3-9-14-10-11-15-2/h12-14H,3-11H2,1-2H3. The van der Waals surface area contributed by atoms with Crippen LogP contribution in [0.25, 0.3) is 0 Å². The normalized spacial score (nSPS) is 26.8. The van der Waals surface area contributed by atoms with Crippen molar-refractivity contribution in [1.82, 2.24) is 5.32 Å². The van der Waals surface area contributed by atoms with Crippen molar-refractivity contribution in [3.05, 3.63) is 0 Å². The summed E-state index contributed by atoms with van der Waals surface area (Å²) in [7, 11) is 1.75. The Labute approximate surface area is 94.8 Å². The highest BCUT2D eigenvalue weighted by Gasteiger charge is 2.17. The zero-order valence-electron chi connectivity index (χ0n) is 10.4. The second kappa shape index (κ2) is 8.12. The summed E-state index contributed by atoms with van der Waals surface area (Å²) in [5, 5.41) is 3.41. The molecule has 0 aromatic carbocycles. The van der Waals surface area contributed by atoms with E-state index in [0.29, 0.717) is 0 Å². The molecule has 0 spiro atoms. The minimum Gasteiger partial charge on any atom is -0.383 e. The summed E-state index contributed by atoms with van der Waals surface area (Å²) < 4.78 is 4.99. The Morgan fingerprint density at radius 1 is 1.13 bits per heavy atom. The topological polar surface area (TPSA) is 21.3 Å². The van der Waals surface area contributed by atoms with Gasteiger partial charge in [0.25, 0.3) is 0 Å². The monoisotopic (exact) mass is 213 g/mol. The van der Waals surface area contributed by atoms with E-state index in [1.807, 2.05) is 0 Å². The highest BCUT2D eigenvalue weighted by atomic mass is 16.5. The third-order valence-electron chi connectivity index (χ3n) is 3.58. The van der Waals surface area contributed by atoms with Gasteiger partial charge in [-0.3, -0.25) is 0 Å². The fourth-order valence-electron chi connectivity index (χ4n) is 2.43. The first-order chi connectivity index (χ1) is 7.33. The Hall–Kier alpha value is -0.0800. The van der Waals surface area contributed by atoms with Gasteiger partial charge in [-0.05, 0) is 31.2 Å². The number of hydrogen-bond donors (Lipinski definition) is 1. The van der Waals surface area contributed by atoms with E-state index in [1.165, 1.54) is 38.5 Å². The average molecular weight is 213 g/mol. The number of methoxy groups -OCH3 is 1. The SMILES string of the molecule is COCCNCCCC1CCC(C)CC1. The Kier molecular flexibility index (Phi) is 7.03. The van der Waals surface area contributed by atoms with Gasteiger partial charge in [-0.25, -0.2) is 0 Å². The van der Waals surface area contributed by atoms with Gasteiger partial charge in [0.15, 0.2) is 0 Å². The van der Waals surface area contributed by atoms with E-state index >= 15 is 0 Å². The molecular weight excluding hydrogens is 186 g/mol. The minimum atomic E-state index is 0.834. The number of rotatable bonds is 7. The van der Waals surface area contributed by atoms with Gasteiger partial charge in [0.1, 0.15) is 0 Å². The molecule has 2 heteroatoms. The van der Waals surface area contributed by atoms with Crippen molar-refractivity contribution in [3.8, 4) is 0 Å². The maximum absolute atomic E-state index is 4.99. The summed E-state index contributed by atoms with van der Waals surface area (Å²) in [6.45, 7) is 5.39. The molecule has 0 radical (unpaired) electrons. The van der Waals surface area contributed by atoms with E-state index in [0.717, 1.165) is 31.5 Å². The molecule has 0 saturated heterocycles. The molecule has 1 aliphatic carbocycles. The van der Waals surface area contributed by atoms with Gasteiger partial charge in [-0.15, -0.1) is 0 Å². The van der Waals surface area contributed by atoms with E-state index in [2.05, 4.69) is 12.2 Å². The number of nitrogens with one attached hydrogen (secondary N) is 1. The minimum absolute atomic E-state index is 0.834. The van der Waals surface area contributed by atoms with Gasteiger partial charge < -0.3 is 10.1 Å². The van der Waals surface area contributed by atoms with Crippen molar-refractivity contribution in [2.24, 2.45) is 11.8 Å². The lowest BCUT2D eigenvalue weighted by atomic mass is 9.81. The summed E-state index contributed by atoms with van der Waals surface area (Å²) >= 11 is 0. The molecule has 0 atom stereocenters. The smallest absolute Gasteiger partial charge is 0.0587 e. The van der Waals surface area contributed by atoms with Crippen LogP contribution in [0, 0.1) is 11.8 Å². The highest BCUT2D eigenvalue weighted by molar-refractivity contribution is 4.70. The third kappa shape index (κ3) is 6.16. The molecule has 0 aliphatic heterocycles. The molecule has 0 unspecified atom stereocenters. The third-order valence-corrected chi connectivity index (χ3v) is 3.58. The number of ether oxygens (including phenoxy) is 1. The maximum atomic E-state index is 4.99. The summed E-state index contributed by atoms with van der Waals surface area (Å²) in [6, 6.07) is 0. The van der Waals surface area contributed by atoms with Crippen molar-refractivity contribution in [3.63, 3.8) is 0 Å². The predicted octanol–water partition coefficient (Wildman–Crippen LogP) is 2.83. The summed E-state index contributed by atoms with van der Waals surface area (Å²) in [6.07, 6.45) is 8.62. The zero-order valence-corrected chi connectivity index (χ0v) is 10.4. The van der Waals surface area contributed by atoms with Crippen LogP contribution in [0.5, 0.6) is 0 Å². The van der Waals surface area contributed by atoms with Crippen LogP contribution in [0.4, 0.5) is 0 Å². The molecule has 1 saturated carbocycles. The largest absolute Gasteiger partial charge is 0.383 e. The van der Waals surface area contributed by atoms with Gasteiger partial charge in [0.05, 0.1) is 6.61 Å². The Morgan fingerprint density at radius 2 is 1.87 bits per heavy atom. The van der Waals surface area contributed by atoms with Crippen molar-refractivity contribution >= 4 is 0 Å². The molecule has 1 fully saturated rings. The first-order valence-electron chi connectivity index (χ1n) is 6.52. The van der Waals surface area contributed by atoms with Crippen LogP contribution in [-0.4, -0.2) is 26.8 Å². The lowest BCUT2D eigenvalue weighted by Gasteiger charge is -2.26. The lowest BCUT2D eigenvalue weighted by molar-refractivity contribution is 0.198. The van der Waals surface area contributed by atoms with Gasteiger partial charge >= 0.3 is 0 Å². The molecule has 0 bridgehead atoms. The van der Waals surface area contributed by atoms with Crippen molar-refractivity contribution < 1.29 is 4.74 Å². The van der Waals surface area contributed by atoms with E-state index in [4.69, 9.17) is 4.74 Å². The molecule has 90 valence electrons. The van der Waals surface area contributed by atoms with Crippen LogP contribution < -0.4 is 5.32 Å². The highest BCUT2D eigenvalue weighted by Crippen LogP contribution is 2.30. The summed E-state index contributed by atoms with van der Waals surface area (Å²) in [5.41, 5.74) is 0. The maximum Gasteiger partial charge on any atom is 0.0587 e. The van der Waals surface area contributed by atoms with E-state index in [-0.39, 0.29) is 0 Å². The Bertz CT molecular complexity index is 141. The average Bonchev–Trinajstić information content (AvgIpc) is 2.26. The molecule has 0 amide bonds. The summed E-state index contributed by atoms with van der Waals surface area (Å²) in [5.74, 6) is 2.01. The predicted molar refractivity (Wildman–Crippen MR) is 65.1 cm³/mol. The Morgan fingerprint density at radius 3 is 2.53 bits per heavy atom. The zero-order chi connectivity index (χ0) is 10.9. The van der Waals surface area contributed by atoms with E-state index in [1.54, 1.807) is 7.11 Å². The van der Waals surface area contributed by atoms with Crippen LogP contribution in [0.2, 0.25) is 0 Å². The molecular formula is C13H27NO. The molecule has 0 aromatic rings. The number of hydrogen-bond acceptors (Lipinski definition) is 2. The van der Waals surface area contributed by atoms with Gasteiger partial charge in [-0.2, -0.15) is 0 Å². The molecule has 0 aromatic heterocycles. The second-order valence-corrected chi connectivity index (χ2v) is 5.01. The van der Waals surface area contributed by atoms with Crippen LogP contribution in [0.3, 0.4) is 0 Å². The fraction of sp³-hybridized carbons (Fsp3) is 1.00. The first kappa shape index (κ1) is 13.0. The molecule has 2 nitrogen and oxygen atoms in total. The molecule has 1 aliphatic rings. The van der Waals surface area contributed by atoms with Crippen LogP contribution >= 0.6 is 0 Å². The van der Waals surface area contributed by atoms with Gasteiger partial charge in [0.2, 0.25) is 0 Å².